The van der Waals surface area contributed by atoms with Crippen molar-refractivity contribution in [3.05, 3.63) is 61.1 Å². The van der Waals surface area contributed by atoms with Gasteiger partial charge in [0.1, 0.15) is 22.4 Å². The minimum absolute atomic E-state index is 0.759. The van der Waals surface area contributed by atoms with Crippen molar-refractivity contribution in [2.75, 3.05) is 5.32 Å². The molecule has 5 aromatic heterocycles. The topological polar surface area (TPSA) is 80.9 Å². The molecule has 0 spiro atoms. The molecule has 0 amide bonds. The van der Waals surface area contributed by atoms with Gasteiger partial charge < -0.3 is 5.32 Å². The van der Waals surface area contributed by atoms with E-state index in [9.17, 15) is 0 Å². The lowest BCUT2D eigenvalue weighted by Crippen LogP contribution is -1.97. The Balaban J connectivity index is 1.83. The molecule has 1 N–H and O–H groups in total. The first-order chi connectivity index (χ1) is 12.3. The monoisotopic (exact) mass is 327 g/mol. The Hall–Kier alpha value is -3.61. The van der Waals surface area contributed by atoms with Gasteiger partial charge in [0.15, 0.2) is 0 Å². The smallest absolute Gasteiger partial charge is 0.139 e. The van der Waals surface area contributed by atoms with Gasteiger partial charge in [-0.1, -0.05) is 0 Å². The van der Waals surface area contributed by atoms with Gasteiger partial charge in [-0.15, -0.1) is 0 Å². The lowest BCUT2D eigenvalue weighted by Gasteiger charge is -2.09. The molecule has 0 aliphatic heterocycles. The minimum Gasteiger partial charge on any atom is -0.340 e. The third-order valence-corrected chi connectivity index (χ3v) is 4.13. The number of nitrogens with one attached hydrogen (secondary N) is 1. The van der Waals surface area contributed by atoms with Crippen LogP contribution >= 0.6 is 0 Å². The van der Waals surface area contributed by atoms with Crippen LogP contribution in [0.1, 0.15) is 5.69 Å². The summed E-state index contributed by atoms with van der Waals surface area (Å²) in [6, 6.07) is 5.85. The molecule has 0 aliphatic rings. The summed E-state index contributed by atoms with van der Waals surface area (Å²) >= 11 is 0. The number of hydrogen-bond acceptors (Lipinski definition) is 6. The Morgan fingerprint density at radius 2 is 1.88 bits per heavy atom. The van der Waals surface area contributed by atoms with Crippen molar-refractivity contribution >= 4 is 38.8 Å². The molecule has 5 aromatic rings. The van der Waals surface area contributed by atoms with Gasteiger partial charge in [0, 0.05) is 53.1 Å². The van der Waals surface area contributed by atoms with E-state index in [0.29, 0.717) is 0 Å². The van der Waals surface area contributed by atoms with Crippen LogP contribution in [0.5, 0.6) is 0 Å². The normalized spacial score (nSPS) is 11.4. The zero-order chi connectivity index (χ0) is 16.8. The molecule has 5 rings (SSSR count). The fourth-order valence-corrected chi connectivity index (χ4v) is 3.00. The molecular formula is C18H13N7. The molecule has 25 heavy (non-hydrogen) atoms. The molecule has 0 aliphatic carbocycles. The van der Waals surface area contributed by atoms with Crippen LogP contribution < -0.4 is 5.32 Å². The van der Waals surface area contributed by atoms with Crippen molar-refractivity contribution < 1.29 is 0 Å². The molecule has 0 aromatic carbocycles. The summed E-state index contributed by atoms with van der Waals surface area (Å²) in [5.74, 6) is 0.759. The first-order valence-corrected chi connectivity index (χ1v) is 7.85. The first kappa shape index (κ1) is 13.8. The Morgan fingerprint density at radius 1 is 0.960 bits per heavy atom. The predicted octanol–water partition coefficient (Wildman–Crippen LogP) is 3.27. The highest BCUT2D eigenvalue weighted by Gasteiger charge is 2.14. The fraction of sp³-hybridized carbons (Fsp3) is 0.0556. The Labute approximate surface area is 142 Å². The van der Waals surface area contributed by atoms with Crippen LogP contribution in [0.4, 0.5) is 11.5 Å². The number of aryl methyl sites for hydroxylation is 1. The molecule has 7 nitrogen and oxygen atoms in total. The average Bonchev–Trinajstić information content (AvgIpc) is 3.01. The van der Waals surface area contributed by atoms with Crippen LogP contribution in [0, 0.1) is 6.92 Å². The summed E-state index contributed by atoms with van der Waals surface area (Å²) < 4.78 is 1.79. The fourth-order valence-electron chi connectivity index (χ4n) is 3.00. The predicted molar refractivity (Wildman–Crippen MR) is 95.8 cm³/mol. The molecule has 0 bridgehead atoms. The molecule has 120 valence electrons. The molecule has 0 radical (unpaired) electrons. The van der Waals surface area contributed by atoms with Crippen LogP contribution in [0.15, 0.2) is 55.4 Å². The SMILES string of the molecule is Cc1cc(Nc2nc3c(nn4ccncc34)c3cnccc23)ccn1. The van der Waals surface area contributed by atoms with Crippen molar-refractivity contribution in [1.29, 1.82) is 0 Å². The molecule has 0 saturated heterocycles. The molecule has 0 unspecified atom stereocenters. The highest BCUT2D eigenvalue weighted by atomic mass is 15.2. The number of fused-ring (bicyclic) bond motifs is 5. The summed E-state index contributed by atoms with van der Waals surface area (Å²) in [4.78, 5) is 17.5. The third kappa shape index (κ3) is 2.17. The number of rotatable bonds is 2. The van der Waals surface area contributed by atoms with Crippen molar-refractivity contribution in [3.8, 4) is 0 Å². The van der Waals surface area contributed by atoms with Crippen LogP contribution in [0.3, 0.4) is 0 Å². The molecule has 0 saturated carbocycles. The van der Waals surface area contributed by atoms with Crippen LogP contribution in [0.2, 0.25) is 0 Å². The quantitative estimate of drug-likeness (QED) is 0.536. The van der Waals surface area contributed by atoms with Crippen molar-refractivity contribution in [1.82, 2.24) is 29.5 Å². The van der Waals surface area contributed by atoms with Crippen LogP contribution in [-0.2, 0) is 0 Å². The highest BCUT2D eigenvalue weighted by molar-refractivity contribution is 6.12. The standard InChI is InChI=1S/C18H13N7/c1-11-8-12(2-5-21-11)22-18-13-3-4-19-9-14(13)16-17(23-18)15-10-20-6-7-25(15)24-16/h2-10H,1H3,(H,21,22,23). The summed E-state index contributed by atoms with van der Waals surface area (Å²) in [6.45, 7) is 1.96. The second-order valence-corrected chi connectivity index (χ2v) is 5.80. The van der Waals surface area contributed by atoms with Gasteiger partial charge in [-0.2, -0.15) is 5.10 Å². The molecule has 0 fully saturated rings. The number of aromatic nitrogens is 6. The van der Waals surface area contributed by atoms with Gasteiger partial charge in [0.05, 0.1) is 6.20 Å². The van der Waals surface area contributed by atoms with Gasteiger partial charge in [-0.25, -0.2) is 9.50 Å². The van der Waals surface area contributed by atoms with E-state index < -0.39 is 0 Å². The van der Waals surface area contributed by atoms with E-state index in [-0.39, 0.29) is 0 Å². The Kier molecular flexibility index (Phi) is 2.87. The number of nitrogens with zero attached hydrogens (tertiary/aromatic N) is 6. The maximum atomic E-state index is 4.83. The van der Waals surface area contributed by atoms with Crippen LogP contribution in [-0.4, -0.2) is 29.5 Å². The van der Waals surface area contributed by atoms with Gasteiger partial charge in [-0.3, -0.25) is 15.0 Å². The van der Waals surface area contributed by atoms with E-state index in [1.54, 1.807) is 29.3 Å². The van der Waals surface area contributed by atoms with E-state index >= 15 is 0 Å². The van der Waals surface area contributed by atoms with E-state index in [2.05, 4.69) is 25.4 Å². The molecular weight excluding hydrogens is 314 g/mol. The summed E-state index contributed by atoms with van der Waals surface area (Å²) in [5.41, 5.74) is 4.34. The summed E-state index contributed by atoms with van der Waals surface area (Å²) in [5, 5.41) is 9.95. The van der Waals surface area contributed by atoms with E-state index in [0.717, 1.165) is 44.5 Å². The maximum absolute atomic E-state index is 4.83. The average molecular weight is 327 g/mol. The number of pyridine rings is 3. The Morgan fingerprint density at radius 3 is 2.80 bits per heavy atom. The molecule has 5 heterocycles. The minimum atomic E-state index is 0.759. The van der Waals surface area contributed by atoms with Crippen LogP contribution in [0.25, 0.3) is 27.3 Å². The van der Waals surface area contributed by atoms with Gasteiger partial charge >= 0.3 is 0 Å². The zero-order valence-electron chi connectivity index (χ0n) is 13.4. The highest BCUT2D eigenvalue weighted by Crippen LogP contribution is 2.31. The largest absolute Gasteiger partial charge is 0.340 e. The zero-order valence-corrected chi connectivity index (χ0v) is 13.4. The summed E-state index contributed by atoms with van der Waals surface area (Å²) in [6.07, 6.45) is 10.7. The van der Waals surface area contributed by atoms with Crippen molar-refractivity contribution in [2.24, 2.45) is 0 Å². The second-order valence-electron chi connectivity index (χ2n) is 5.80. The van der Waals surface area contributed by atoms with Crippen molar-refractivity contribution in [3.63, 3.8) is 0 Å². The van der Waals surface area contributed by atoms with E-state index in [1.165, 1.54) is 0 Å². The molecule has 0 atom stereocenters. The first-order valence-electron chi connectivity index (χ1n) is 7.85. The van der Waals surface area contributed by atoms with E-state index in [1.807, 2.05) is 37.5 Å². The van der Waals surface area contributed by atoms with Gasteiger partial charge in [0.25, 0.3) is 0 Å². The second kappa shape index (κ2) is 5.20. The lowest BCUT2D eigenvalue weighted by molar-refractivity contribution is 0.965. The Bertz CT molecular complexity index is 1240. The number of anilines is 2. The van der Waals surface area contributed by atoms with Gasteiger partial charge in [-0.05, 0) is 25.1 Å². The van der Waals surface area contributed by atoms with Crippen molar-refractivity contribution in [2.45, 2.75) is 6.92 Å². The lowest BCUT2D eigenvalue weighted by atomic mass is 10.1. The summed E-state index contributed by atoms with van der Waals surface area (Å²) in [7, 11) is 0. The number of hydrogen-bond donors (Lipinski definition) is 1. The maximum Gasteiger partial charge on any atom is 0.139 e. The third-order valence-electron chi connectivity index (χ3n) is 4.13. The van der Waals surface area contributed by atoms with Gasteiger partial charge in [0.2, 0.25) is 0 Å². The molecule has 7 heteroatoms. The van der Waals surface area contributed by atoms with E-state index in [4.69, 9.17) is 4.98 Å².